The Hall–Kier alpha value is -1.79. The summed E-state index contributed by atoms with van der Waals surface area (Å²) in [5, 5.41) is 6.52. The van der Waals surface area contributed by atoms with E-state index in [9.17, 15) is 9.59 Å². The van der Waals surface area contributed by atoms with Crippen LogP contribution in [0.4, 0.5) is 10.5 Å². The van der Waals surface area contributed by atoms with Gasteiger partial charge < -0.3 is 15.5 Å². The van der Waals surface area contributed by atoms with Crippen LogP contribution in [0.3, 0.4) is 0 Å². The van der Waals surface area contributed by atoms with Crippen molar-refractivity contribution in [1.82, 2.24) is 15.1 Å². The highest BCUT2D eigenvalue weighted by Crippen LogP contribution is 2.31. The van der Waals surface area contributed by atoms with Crippen molar-refractivity contribution in [3.05, 3.63) is 28.8 Å². The van der Waals surface area contributed by atoms with Crippen molar-refractivity contribution in [3.8, 4) is 0 Å². The molecule has 1 atom stereocenters. The van der Waals surface area contributed by atoms with Crippen molar-refractivity contribution in [2.24, 2.45) is 0 Å². The standard InChI is InChI=1S/C18H25ClN4O2/c1-13-3-4-14(19)11-15(13)21-17(25)23-10-9-22(2)18(12-23)6-5-16(24)20-8-7-18/h3-4,11H,5-10,12H2,1-2H3,(H,20,24)(H,21,25)/t18-/m1/s1. The summed E-state index contributed by atoms with van der Waals surface area (Å²) in [6.07, 6.45) is 2.14. The Labute approximate surface area is 153 Å². The van der Waals surface area contributed by atoms with E-state index in [0.717, 1.165) is 30.6 Å². The lowest BCUT2D eigenvalue weighted by Crippen LogP contribution is -2.62. The quantitative estimate of drug-likeness (QED) is 0.804. The van der Waals surface area contributed by atoms with Gasteiger partial charge >= 0.3 is 6.03 Å². The van der Waals surface area contributed by atoms with E-state index >= 15 is 0 Å². The molecule has 136 valence electrons. The minimum Gasteiger partial charge on any atom is -0.356 e. The molecule has 2 saturated heterocycles. The van der Waals surface area contributed by atoms with Gasteiger partial charge in [-0.2, -0.15) is 0 Å². The number of amides is 3. The third-order valence-corrected chi connectivity index (χ3v) is 5.69. The fraction of sp³-hybridized carbons (Fsp3) is 0.556. The first-order valence-corrected chi connectivity index (χ1v) is 9.07. The molecule has 2 N–H and O–H groups in total. The van der Waals surface area contributed by atoms with Crippen LogP contribution in [-0.4, -0.2) is 60.5 Å². The predicted octanol–water partition coefficient (Wildman–Crippen LogP) is 2.47. The summed E-state index contributed by atoms with van der Waals surface area (Å²) in [4.78, 5) is 28.7. The van der Waals surface area contributed by atoms with Crippen LogP contribution in [0.5, 0.6) is 0 Å². The van der Waals surface area contributed by atoms with E-state index in [1.807, 2.05) is 24.0 Å². The fourth-order valence-electron chi connectivity index (χ4n) is 3.69. The van der Waals surface area contributed by atoms with Gasteiger partial charge in [-0.3, -0.25) is 9.69 Å². The number of nitrogens with zero attached hydrogens (tertiary/aromatic N) is 2. The van der Waals surface area contributed by atoms with E-state index in [4.69, 9.17) is 11.6 Å². The predicted molar refractivity (Wildman–Crippen MR) is 99.0 cm³/mol. The monoisotopic (exact) mass is 364 g/mol. The van der Waals surface area contributed by atoms with Crippen LogP contribution in [-0.2, 0) is 4.79 Å². The van der Waals surface area contributed by atoms with Gasteiger partial charge in [0.1, 0.15) is 0 Å². The Morgan fingerprint density at radius 3 is 2.92 bits per heavy atom. The number of carbonyl (C=O) groups excluding carboxylic acids is 2. The molecule has 0 aliphatic carbocycles. The Balaban J connectivity index is 1.73. The van der Waals surface area contributed by atoms with Crippen molar-refractivity contribution in [2.75, 3.05) is 38.5 Å². The molecule has 0 bridgehead atoms. The SMILES string of the molecule is Cc1ccc(Cl)cc1NC(=O)N1CCN(C)[C@]2(CCNC(=O)CC2)C1. The lowest BCUT2D eigenvalue weighted by atomic mass is 9.86. The molecular weight excluding hydrogens is 340 g/mol. The summed E-state index contributed by atoms with van der Waals surface area (Å²) in [6.45, 7) is 4.71. The summed E-state index contributed by atoms with van der Waals surface area (Å²) in [6, 6.07) is 5.37. The second kappa shape index (κ2) is 7.22. The Morgan fingerprint density at radius 2 is 2.12 bits per heavy atom. The number of aryl methyl sites for hydroxylation is 1. The molecule has 0 aromatic heterocycles. The molecule has 2 heterocycles. The van der Waals surface area contributed by atoms with Gasteiger partial charge in [0.05, 0.1) is 0 Å². The molecule has 2 fully saturated rings. The van der Waals surface area contributed by atoms with Crippen LogP contribution < -0.4 is 10.6 Å². The van der Waals surface area contributed by atoms with Gasteiger partial charge in [-0.05, 0) is 44.5 Å². The molecule has 0 radical (unpaired) electrons. The lowest BCUT2D eigenvalue weighted by molar-refractivity contribution is -0.121. The van der Waals surface area contributed by atoms with Crippen LogP contribution in [0.2, 0.25) is 5.02 Å². The van der Waals surface area contributed by atoms with Gasteiger partial charge in [0.15, 0.2) is 0 Å². The summed E-state index contributed by atoms with van der Waals surface area (Å²) >= 11 is 6.04. The van der Waals surface area contributed by atoms with Gasteiger partial charge in [-0.25, -0.2) is 4.79 Å². The number of rotatable bonds is 1. The van der Waals surface area contributed by atoms with E-state index in [1.54, 1.807) is 6.07 Å². The molecule has 1 aromatic rings. The number of anilines is 1. The maximum Gasteiger partial charge on any atom is 0.321 e. The summed E-state index contributed by atoms with van der Waals surface area (Å²) in [5.41, 5.74) is 1.58. The maximum absolute atomic E-state index is 12.8. The van der Waals surface area contributed by atoms with E-state index in [-0.39, 0.29) is 17.5 Å². The lowest BCUT2D eigenvalue weighted by Gasteiger charge is -2.49. The smallest absolute Gasteiger partial charge is 0.321 e. The molecule has 0 saturated carbocycles. The first-order chi connectivity index (χ1) is 11.9. The number of halogens is 1. The van der Waals surface area contributed by atoms with Crippen LogP contribution in [0.25, 0.3) is 0 Å². The fourth-order valence-corrected chi connectivity index (χ4v) is 3.87. The third-order valence-electron chi connectivity index (χ3n) is 5.46. The molecule has 6 nitrogen and oxygen atoms in total. The van der Waals surface area contributed by atoms with Crippen molar-refractivity contribution in [3.63, 3.8) is 0 Å². The van der Waals surface area contributed by atoms with E-state index < -0.39 is 0 Å². The molecule has 25 heavy (non-hydrogen) atoms. The van der Waals surface area contributed by atoms with Crippen molar-refractivity contribution >= 4 is 29.2 Å². The highest BCUT2D eigenvalue weighted by Gasteiger charge is 2.42. The van der Waals surface area contributed by atoms with E-state index in [0.29, 0.717) is 31.1 Å². The summed E-state index contributed by atoms with van der Waals surface area (Å²) in [7, 11) is 2.09. The average molecular weight is 365 g/mol. The van der Waals surface area contributed by atoms with Crippen LogP contribution in [0.1, 0.15) is 24.8 Å². The number of hydrogen-bond donors (Lipinski definition) is 2. The Kier molecular flexibility index (Phi) is 5.20. The number of hydrogen-bond acceptors (Lipinski definition) is 3. The molecular formula is C18H25ClN4O2. The Bertz CT molecular complexity index is 681. The minimum atomic E-state index is -0.141. The first kappa shape index (κ1) is 18.0. The molecule has 7 heteroatoms. The average Bonchev–Trinajstić information content (AvgIpc) is 2.76. The van der Waals surface area contributed by atoms with Gasteiger partial charge in [-0.15, -0.1) is 0 Å². The maximum atomic E-state index is 12.8. The third kappa shape index (κ3) is 3.90. The Morgan fingerprint density at radius 1 is 1.32 bits per heavy atom. The van der Waals surface area contributed by atoms with Crippen LogP contribution >= 0.6 is 11.6 Å². The van der Waals surface area contributed by atoms with Crippen molar-refractivity contribution in [1.29, 1.82) is 0 Å². The first-order valence-electron chi connectivity index (χ1n) is 8.70. The number of likely N-dealkylation sites (N-methyl/N-ethyl adjacent to an activating group) is 1. The van der Waals surface area contributed by atoms with Gasteiger partial charge in [0.2, 0.25) is 5.91 Å². The second-order valence-electron chi connectivity index (χ2n) is 7.06. The molecule has 1 spiro atoms. The highest BCUT2D eigenvalue weighted by atomic mass is 35.5. The largest absolute Gasteiger partial charge is 0.356 e. The summed E-state index contributed by atoms with van der Waals surface area (Å²) in [5.74, 6) is 0.0985. The van der Waals surface area contributed by atoms with Gasteiger partial charge in [0.25, 0.3) is 0 Å². The van der Waals surface area contributed by atoms with Crippen molar-refractivity contribution < 1.29 is 9.59 Å². The molecule has 3 amide bonds. The summed E-state index contributed by atoms with van der Waals surface area (Å²) < 4.78 is 0. The minimum absolute atomic E-state index is 0.0985. The number of urea groups is 1. The number of carbonyl (C=O) groups is 2. The molecule has 2 aliphatic rings. The number of piperazine rings is 1. The molecule has 1 aromatic carbocycles. The zero-order valence-corrected chi connectivity index (χ0v) is 15.5. The highest BCUT2D eigenvalue weighted by molar-refractivity contribution is 6.31. The van der Waals surface area contributed by atoms with E-state index in [1.165, 1.54) is 0 Å². The molecule has 3 rings (SSSR count). The molecule has 2 aliphatic heterocycles. The zero-order valence-electron chi connectivity index (χ0n) is 14.8. The van der Waals surface area contributed by atoms with Crippen molar-refractivity contribution in [2.45, 2.75) is 31.7 Å². The normalized spacial score (nSPS) is 24.8. The van der Waals surface area contributed by atoms with Gasteiger partial charge in [0, 0.05) is 48.8 Å². The van der Waals surface area contributed by atoms with Crippen LogP contribution in [0, 0.1) is 6.92 Å². The molecule has 0 unspecified atom stereocenters. The van der Waals surface area contributed by atoms with Crippen LogP contribution in [0.15, 0.2) is 18.2 Å². The second-order valence-corrected chi connectivity index (χ2v) is 7.49. The van der Waals surface area contributed by atoms with E-state index in [2.05, 4.69) is 22.6 Å². The zero-order chi connectivity index (χ0) is 18.0. The van der Waals surface area contributed by atoms with Gasteiger partial charge in [-0.1, -0.05) is 17.7 Å². The number of benzene rings is 1. The topological polar surface area (TPSA) is 64.7 Å². The number of nitrogens with one attached hydrogen (secondary N) is 2.